The van der Waals surface area contributed by atoms with Crippen molar-refractivity contribution in [2.75, 3.05) is 0 Å². The maximum absolute atomic E-state index is 13.4. The van der Waals surface area contributed by atoms with E-state index >= 15 is 0 Å². The highest BCUT2D eigenvalue weighted by Gasteiger charge is 2.18. The van der Waals surface area contributed by atoms with E-state index in [0.717, 1.165) is 24.1 Å². The zero-order valence-electron chi connectivity index (χ0n) is 11.1. The minimum absolute atomic E-state index is 0.202. The highest BCUT2D eigenvalue weighted by Crippen LogP contribution is 2.27. The number of hydrogen-bond donors (Lipinski definition) is 1. The number of rotatable bonds is 2. The highest BCUT2D eigenvalue weighted by atomic mass is 19.1. The maximum atomic E-state index is 13.4. The zero-order valence-corrected chi connectivity index (χ0v) is 11.1. The van der Waals surface area contributed by atoms with Gasteiger partial charge in [0, 0.05) is 11.7 Å². The molecule has 0 amide bonds. The van der Waals surface area contributed by atoms with Crippen molar-refractivity contribution in [1.82, 2.24) is 9.55 Å². The second-order valence-electron chi connectivity index (χ2n) is 5.21. The van der Waals surface area contributed by atoms with Gasteiger partial charge in [-0.3, -0.25) is 0 Å². The van der Waals surface area contributed by atoms with Gasteiger partial charge in [0.15, 0.2) is 0 Å². The Morgan fingerprint density at radius 1 is 1.32 bits per heavy atom. The third-order valence-electron chi connectivity index (χ3n) is 3.77. The highest BCUT2D eigenvalue weighted by molar-refractivity contribution is 5.45. The van der Waals surface area contributed by atoms with Crippen molar-refractivity contribution in [1.29, 1.82) is 0 Å². The van der Waals surface area contributed by atoms with Crippen molar-refractivity contribution < 1.29 is 4.39 Å². The van der Waals surface area contributed by atoms with Gasteiger partial charge in [-0.1, -0.05) is 0 Å². The van der Waals surface area contributed by atoms with Gasteiger partial charge < -0.3 is 10.3 Å². The van der Waals surface area contributed by atoms with Crippen LogP contribution in [0.25, 0.3) is 5.69 Å². The number of nitrogens with zero attached hydrogens (tertiary/aromatic N) is 2. The summed E-state index contributed by atoms with van der Waals surface area (Å²) in [7, 11) is 0. The standard InChI is InChI=1S/C15H18FN3/c1-10(17)12-8-11(16)6-7-14(12)19-9-18-13-4-2-3-5-15(13)19/h6-10H,2-5,17H2,1H3/t10-/m0/s1. The third-order valence-corrected chi connectivity index (χ3v) is 3.77. The molecule has 3 rings (SSSR count). The van der Waals surface area contributed by atoms with Crippen molar-refractivity contribution in [3.8, 4) is 5.69 Å². The number of imidazole rings is 1. The molecule has 0 bridgehead atoms. The molecule has 1 atom stereocenters. The number of hydrogen-bond acceptors (Lipinski definition) is 2. The summed E-state index contributed by atoms with van der Waals surface area (Å²) in [6.45, 7) is 1.88. The van der Waals surface area contributed by atoms with E-state index in [9.17, 15) is 4.39 Å². The SMILES string of the molecule is C[C@H](N)c1cc(F)ccc1-n1cnc2c1CCCC2. The van der Waals surface area contributed by atoms with E-state index < -0.39 is 0 Å². The molecular weight excluding hydrogens is 241 g/mol. The Bertz CT molecular complexity index is 601. The quantitative estimate of drug-likeness (QED) is 0.901. The van der Waals surface area contributed by atoms with Gasteiger partial charge in [-0.05, 0) is 56.4 Å². The first kappa shape index (κ1) is 12.4. The van der Waals surface area contributed by atoms with Crippen LogP contribution < -0.4 is 5.73 Å². The average molecular weight is 259 g/mol. The van der Waals surface area contributed by atoms with Crippen LogP contribution in [0.4, 0.5) is 4.39 Å². The normalized spacial score (nSPS) is 16.2. The van der Waals surface area contributed by atoms with Crippen LogP contribution in [0.15, 0.2) is 24.5 Å². The summed E-state index contributed by atoms with van der Waals surface area (Å²) in [5.41, 5.74) is 10.2. The predicted molar refractivity (Wildman–Crippen MR) is 72.8 cm³/mol. The van der Waals surface area contributed by atoms with Crippen LogP contribution >= 0.6 is 0 Å². The average Bonchev–Trinajstić information content (AvgIpc) is 2.82. The Hall–Kier alpha value is -1.68. The number of aromatic nitrogens is 2. The Kier molecular flexibility index (Phi) is 3.11. The summed E-state index contributed by atoms with van der Waals surface area (Å²) in [5.74, 6) is -0.245. The predicted octanol–water partition coefficient (Wildman–Crippen LogP) is 2.91. The Morgan fingerprint density at radius 3 is 2.89 bits per heavy atom. The molecule has 1 aliphatic carbocycles. The molecule has 100 valence electrons. The Morgan fingerprint density at radius 2 is 2.11 bits per heavy atom. The van der Waals surface area contributed by atoms with Gasteiger partial charge in [0.1, 0.15) is 5.82 Å². The molecule has 0 aliphatic heterocycles. The summed E-state index contributed by atoms with van der Waals surface area (Å²) in [6, 6.07) is 4.60. The van der Waals surface area contributed by atoms with Crippen molar-refractivity contribution in [2.45, 2.75) is 38.6 Å². The maximum Gasteiger partial charge on any atom is 0.123 e. The van der Waals surface area contributed by atoms with Crippen molar-refractivity contribution in [3.63, 3.8) is 0 Å². The molecular formula is C15H18FN3. The summed E-state index contributed by atoms with van der Waals surface area (Å²) in [4.78, 5) is 4.48. The van der Waals surface area contributed by atoms with Crippen LogP contribution in [0.5, 0.6) is 0 Å². The number of halogens is 1. The van der Waals surface area contributed by atoms with E-state index in [4.69, 9.17) is 5.73 Å². The lowest BCUT2D eigenvalue weighted by Crippen LogP contribution is -2.13. The first-order valence-electron chi connectivity index (χ1n) is 6.77. The summed E-state index contributed by atoms with van der Waals surface area (Å²) in [6.07, 6.45) is 6.30. The van der Waals surface area contributed by atoms with Gasteiger partial charge in [0.25, 0.3) is 0 Å². The Labute approximate surface area is 112 Å². The van der Waals surface area contributed by atoms with Crippen molar-refractivity contribution in [2.24, 2.45) is 5.73 Å². The largest absolute Gasteiger partial charge is 0.324 e. The molecule has 3 nitrogen and oxygen atoms in total. The van der Waals surface area contributed by atoms with Crippen molar-refractivity contribution in [3.05, 3.63) is 47.3 Å². The fraction of sp³-hybridized carbons (Fsp3) is 0.400. The van der Waals surface area contributed by atoms with Crippen LogP contribution in [0.1, 0.15) is 42.8 Å². The van der Waals surface area contributed by atoms with E-state index in [1.54, 1.807) is 6.07 Å². The topological polar surface area (TPSA) is 43.8 Å². The molecule has 4 heteroatoms. The van der Waals surface area contributed by atoms with Gasteiger partial charge in [-0.25, -0.2) is 9.37 Å². The fourth-order valence-corrected chi connectivity index (χ4v) is 2.79. The molecule has 2 N–H and O–H groups in total. The second kappa shape index (κ2) is 4.78. The van der Waals surface area contributed by atoms with Crippen LogP contribution in [0.2, 0.25) is 0 Å². The molecule has 1 aromatic carbocycles. The van der Waals surface area contributed by atoms with Gasteiger partial charge in [-0.2, -0.15) is 0 Å². The molecule has 0 saturated heterocycles. The van der Waals surface area contributed by atoms with Crippen molar-refractivity contribution >= 4 is 0 Å². The smallest absolute Gasteiger partial charge is 0.123 e. The minimum atomic E-state index is -0.245. The molecule has 2 aromatic rings. The lowest BCUT2D eigenvalue weighted by atomic mass is 10.00. The molecule has 0 fully saturated rings. The molecule has 0 spiro atoms. The summed E-state index contributed by atoms with van der Waals surface area (Å²) < 4.78 is 15.5. The first-order valence-corrected chi connectivity index (χ1v) is 6.77. The van der Waals surface area contributed by atoms with E-state index in [0.29, 0.717) is 0 Å². The number of benzene rings is 1. The zero-order chi connectivity index (χ0) is 13.4. The molecule has 1 aliphatic rings. The molecule has 0 saturated carbocycles. The molecule has 1 heterocycles. The molecule has 19 heavy (non-hydrogen) atoms. The van der Waals surface area contributed by atoms with Gasteiger partial charge in [-0.15, -0.1) is 0 Å². The second-order valence-corrected chi connectivity index (χ2v) is 5.21. The van der Waals surface area contributed by atoms with Crippen LogP contribution in [0.3, 0.4) is 0 Å². The minimum Gasteiger partial charge on any atom is -0.324 e. The number of fused-ring (bicyclic) bond motifs is 1. The molecule has 0 radical (unpaired) electrons. The number of aryl methyl sites for hydroxylation is 1. The number of nitrogens with two attached hydrogens (primary N) is 1. The molecule has 1 aromatic heterocycles. The fourth-order valence-electron chi connectivity index (χ4n) is 2.79. The van der Waals surface area contributed by atoms with Gasteiger partial charge >= 0.3 is 0 Å². The van der Waals surface area contributed by atoms with Crippen LogP contribution in [0, 0.1) is 5.82 Å². The van der Waals surface area contributed by atoms with Crippen LogP contribution in [-0.2, 0) is 12.8 Å². The van der Waals surface area contributed by atoms with E-state index in [-0.39, 0.29) is 11.9 Å². The van der Waals surface area contributed by atoms with Gasteiger partial charge in [0.2, 0.25) is 0 Å². The summed E-state index contributed by atoms with van der Waals surface area (Å²) >= 11 is 0. The monoisotopic (exact) mass is 259 g/mol. The van der Waals surface area contributed by atoms with Crippen LogP contribution in [-0.4, -0.2) is 9.55 Å². The first-order chi connectivity index (χ1) is 9.16. The van der Waals surface area contributed by atoms with Gasteiger partial charge in [0.05, 0.1) is 17.7 Å². The third kappa shape index (κ3) is 2.16. The van der Waals surface area contributed by atoms with E-state index in [2.05, 4.69) is 9.55 Å². The lowest BCUT2D eigenvalue weighted by Gasteiger charge is -2.18. The Balaban J connectivity index is 2.14. The molecule has 0 unspecified atom stereocenters. The lowest BCUT2D eigenvalue weighted by molar-refractivity contribution is 0.619. The van der Waals surface area contributed by atoms with E-state index in [1.807, 2.05) is 13.3 Å². The van der Waals surface area contributed by atoms with E-state index in [1.165, 1.54) is 36.4 Å². The summed E-state index contributed by atoms with van der Waals surface area (Å²) in [5, 5.41) is 0.